The third-order valence-corrected chi connectivity index (χ3v) is 9.88. The van der Waals surface area contributed by atoms with Gasteiger partial charge in [0.1, 0.15) is 0 Å². The second-order valence-electron chi connectivity index (χ2n) is 16.4. The molecule has 59 heavy (non-hydrogen) atoms. The van der Waals surface area contributed by atoms with Crippen molar-refractivity contribution in [3.05, 3.63) is 58.7 Å². The summed E-state index contributed by atoms with van der Waals surface area (Å²) in [6.07, 6.45) is -16.5. The molecule has 2 aromatic rings. The van der Waals surface area contributed by atoms with Gasteiger partial charge in [0.25, 0.3) is 0 Å². The van der Waals surface area contributed by atoms with E-state index >= 15 is 0 Å². The van der Waals surface area contributed by atoms with Crippen LogP contribution in [0.1, 0.15) is 95.9 Å². The van der Waals surface area contributed by atoms with Gasteiger partial charge in [0.15, 0.2) is 16.2 Å². The minimum atomic E-state index is -5.03. The van der Waals surface area contributed by atoms with Crippen molar-refractivity contribution < 1.29 is 52.7 Å². The summed E-state index contributed by atoms with van der Waals surface area (Å²) in [5, 5.41) is 14.0. The Morgan fingerprint density at radius 3 is 1.27 bits per heavy atom. The number of nitrogens with zero attached hydrogens (tertiary/aromatic N) is 2. The molecule has 1 fully saturated rings. The van der Waals surface area contributed by atoms with Crippen molar-refractivity contribution >= 4 is 52.0 Å². The van der Waals surface area contributed by atoms with Gasteiger partial charge >= 0.3 is 24.7 Å². The number of piperidine rings is 1. The predicted molar refractivity (Wildman–Crippen MR) is 213 cm³/mol. The molecule has 21 heteroatoms. The quantitative estimate of drug-likeness (QED) is 0.0699. The van der Waals surface area contributed by atoms with E-state index in [4.69, 9.17) is 29.4 Å². The molecule has 0 radical (unpaired) electrons. The van der Waals surface area contributed by atoms with Gasteiger partial charge in [0.2, 0.25) is 0 Å². The van der Waals surface area contributed by atoms with Gasteiger partial charge in [-0.3, -0.25) is 4.99 Å². The normalized spacial score (nSPS) is 16.0. The fraction of sp³-hybridized carbons (Fsp3) is 0.605. The Bertz CT molecular complexity index is 1710. The van der Waals surface area contributed by atoms with E-state index in [2.05, 4.69) is 31.5 Å². The number of benzene rings is 2. The van der Waals surface area contributed by atoms with Crippen LogP contribution in [0.3, 0.4) is 0 Å². The first-order chi connectivity index (χ1) is 26.8. The predicted octanol–water partition coefficient (Wildman–Crippen LogP) is 11.1. The number of likely N-dealkylation sites (tertiary alicyclic amines) is 1. The molecule has 5 N–H and O–H groups in total. The van der Waals surface area contributed by atoms with Gasteiger partial charge in [-0.15, -0.1) is 0 Å². The van der Waals surface area contributed by atoms with Crippen LogP contribution < -0.4 is 26.6 Å². The van der Waals surface area contributed by atoms with Gasteiger partial charge in [-0.25, -0.2) is 0 Å². The van der Waals surface area contributed by atoms with Crippen LogP contribution in [0, 0.1) is 10.8 Å². The number of anilines is 2. The lowest BCUT2D eigenvalue weighted by atomic mass is 9.85. The number of hydrogen-bond donors (Lipinski definition) is 5. The molecule has 1 heterocycles. The van der Waals surface area contributed by atoms with Crippen molar-refractivity contribution in [2.75, 3.05) is 36.8 Å². The van der Waals surface area contributed by atoms with Crippen LogP contribution in [0.4, 0.5) is 64.1 Å². The van der Waals surface area contributed by atoms with Gasteiger partial charge in [0.05, 0.1) is 22.3 Å². The molecule has 2 atom stereocenters. The number of thiocarbonyl (C=S) groups is 2. The summed E-state index contributed by atoms with van der Waals surface area (Å²) in [5.74, 6) is 0.582. The topological polar surface area (TPSA) is 75.8 Å². The first kappa shape index (κ1) is 49.6. The molecule has 0 saturated carbocycles. The Labute approximate surface area is 346 Å². The fourth-order valence-electron chi connectivity index (χ4n) is 6.15. The Morgan fingerprint density at radius 1 is 0.576 bits per heavy atom. The fourth-order valence-corrected chi connectivity index (χ4v) is 6.67. The van der Waals surface area contributed by atoms with E-state index in [1.165, 1.54) is 0 Å². The zero-order valence-corrected chi connectivity index (χ0v) is 34.9. The highest BCUT2D eigenvalue weighted by molar-refractivity contribution is 7.80. The summed E-state index contributed by atoms with van der Waals surface area (Å²) < 4.78 is 161. The summed E-state index contributed by atoms with van der Waals surface area (Å²) in [5.41, 5.74) is -7.90. The molecule has 1 saturated heterocycles. The Hall–Kier alpha value is -3.75. The number of rotatable bonds is 10. The molecule has 7 nitrogen and oxygen atoms in total. The number of hydrogen-bond acceptors (Lipinski definition) is 3. The van der Waals surface area contributed by atoms with Crippen molar-refractivity contribution in [3.8, 4) is 0 Å². The molecule has 3 rings (SSSR count). The molecular weight excluding hydrogens is 847 g/mol. The van der Waals surface area contributed by atoms with Crippen LogP contribution in [-0.4, -0.2) is 59.3 Å². The minimum Gasteiger partial charge on any atom is -0.359 e. The number of aliphatic imine (C=N–C) groups is 1. The Morgan fingerprint density at radius 2 is 0.932 bits per heavy atom. The number of nitrogens with one attached hydrogen (secondary N) is 5. The van der Waals surface area contributed by atoms with Crippen LogP contribution in [0.15, 0.2) is 41.4 Å². The second-order valence-corrected chi connectivity index (χ2v) is 17.2. The molecule has 0 aromatic heterocycles. The van der Waals surface area contributed by atoms with Gasteiger partial charge < -0.3 is 31.5 Å². The van der Waals surface area contributed by atoms with E-state index < -0.39 is 81.2 Å². The number of guanidine groups is 1. The minimum absolute atomic E-state index is 0.0285. The van der Waals surface area contributed by atoms with Crippen LogP contribution >= 0.6 is 24.4 Å². The molecule has 1 aliphatic rings. The number of alkyl halides is 12. The SMILES string of the molecule is CC(C)(C)[C@@H](CCN=C(NCC[C@@H](NC(=S)Nc1cc(C(F)(F)F)cc(C(F)(F)F)c1)C(C)(C)C)N1CCCCC1)NC(=S)Nc1cc(C(F)(F)F)cc(C(F)(F)F)c1. The summed E-state index contributed by atoms with van der Waals surface area (Å²) in [6, 6.07) is 1.39. The molecule has 332 valence electrons. The lowest BCUT2D eigenvalue weighted by Crippen LogP contribution is -2.49. The maximum absolute atomic E-state index is 13.4. The first-order valence-electron chi connectivity index (χ1n) is 18.6. The number of halogens is 12. The lowest BCUT2D eigenvalue weighted by Gasteiger charge is -2.34. The van der Waals surface area contributed by atoms with Crippen molar-refractivity contribution in [2.24, 2.45) is 15.8 Å². The van der Waals surface area contributed by atoms with E-state index in [-0.39, 0.29) is 28.9 Å². The average Bonchev–Trinajstić information content (AvgIpc) is 3.07. The average molecular weight is 896 g/mol. The van der Waals surface area contributed by atoms with Crippen LogP contribution in [-0.2, 0) is 24.7 Å². The molecule has 0 unspecified atom stereocenters. The molecule has 0 amide bonds. The molecular formula is C38H49F12N7S2. The maximum atomic E-state index is 13.4. The van der Waals surface area contributed by atoms with Crippen LogP contribution in [0.2, 0.25) is 0 Å². The third-order valence-electron chi connectivity index (χ3n) is 9.44. The maximum Gasteiger partial charge on any atom is 0.416 e. The van der Waals surface area contributed by atoms with E-state index in [1.54, 1.807) is 0 Å². The van der Waals surface area contributed by atoms with E-state index in [9.17, 15) is 52.7 Å². The first-order valence-corrected chi connectivity index (χ1v) is 19.4. The molecule has 2 aromatic carbocycles. The van der Waals surface area contributed by atoms with Gasteiger partial charge in [-0.1, -0.05) is 41.5 Å². The molecule has 1 aliphatic heterocycles. The van der Waals surface area contributed by atoms with Crippen molar-refractivity contribution in [2.45, 2.75) is 110 Å². The zero-order valence-electron chi connectivity index (χ0n) is 33.2. The largest absolute Gasteiger partial charge is 0.416 e. The summed E-state index contributed by atoms with van der Waals surface area (Å²) >= 11 is 10.7. The Balaban J connectivity index is 1.73. The Kier molecular flexibility index (Phi) is 16.2. The van der Waals surface area contributed by atoms with E-state index in [1.807, 2.05) is 41.5 Å². The molecule has 0 spiro atoms. The zero-order chi connectivity index (χ0) is 44.8. The van der Waals surface area contributed by atoms with E-state index in [0.29, 0.717) is 62.7 Å². The van der Waals surface area contributed by atoms with Crippen LogP contribution in [0.5, 0.6) is 0 Å². The lowest BCUT2D eigenvalue weighted by molar-refractivity contribution is -0.144. The van der Waals surface area contributed by atoms with Crippen molar-refractivity contribution in [3.63, 3.8) is 0 Å². The summed E-state index contributed by atoms with van der Waals surface area (Å²) in [6.45, 7) is 13.3. The second kappa shape index (κ2) is 19.3. The highest BCUT2D eigenvalue weighted by atomic mass is 32.1. The smallest absolute Gasteiger partial charge is 0.359 e. The van der Waals surface area contributed by atoms with Gasteiger partial charge in [0, 0.05) is 49.6 Å². The third kappa shape index (κ3) is 16.0. The summed E-state index contributed by atoms with van der Waals surface area (Å²) in [7, 11) is 0. The summed E-state index contributed by atoms with van der Waals surface area (Å²) in [4.78, 5) is 6.92. The monoisotopic (exact) mass is 895 g/mol. The highest BCUT2D eigenvalue weighted by Gasteiger charge is 2.39. The molecule has 0 aliphatic carbocycles. The van der Waals surface area contributed by atoms with Gasteiger partial charge in [-0.2, -0.15) is 52.7 Å². The van der Waals surface area contributed by atoms with Gasteiger partial charge in [-0.05, 0) is 104 Å². The van der Waals surface area contributed by atoms with Crippen molar-refractivity contribution in [1.82, 2.24) is 20.9 Å². The standard InChI is InChI=1S/C38H49F12N7S2/c1-33(2,3)28(55-31(58)53-26-18-22(35(39,40)41)16-23(19-26)36(42,43)44)10-12-51-30(57-14-8-7-9-15-57)52-13-11-29(34(4,5)6)56-32(59)54-27-20-24(37(45,46)47)17-25(21-27)38(48,49)50/h16-21,28-29H,7-15H2,1-6H3,(H,51,52)(H2,53,55,58)(H2,54,56,59)/t28-,29-/m1/s1. The van der Waals surface area contributed by atoms with Crippen LogP contribution in [0.25, 0.3) is 0 Å². The highest BCUT2D eigenvalue weighted by Crippen LogP contribution is 2.39. The van der Waals surface area contributed by atoms with E-state index in [0.717, 1.165) is 19.3 Å². The van der Waals surface area contributed by atoms with Crippen molar-refractivity contribution in [1.29, 1.82) is 0 Å². The molecule has 0 bridgehead atoms.